The molecule has 1 spiro atoms. The molecule has 4 amide bonds. The smallest absolute Gasteiger partial charge is 0.326 e. The molecule has 2 fully saturated rings. The van der Waals surface area contributed by atoms with Gasteiger partial charge < -0.3 is 20.1 Å². The highest BCUT2D eigenvalue weighted by molar-refractivity contribution is 6.08. The van der Waals surface area contributed by atoms with Crippen molar-refractivity contribution in [1.29, 1.82) is 0 Å². The standard InChI is InChI=1S/C24H33N3O6/c1-23(2,3)17-8-10-24(11-9-17)21(30)27(22(31)26-24)14-20(29)33-15-19(28)25-13-16-6-5-7-18(12-16)32-4/h5-7,12,17H,8-11,13-15H2,1-4H3,(H,25,28)(H,26,31). The van der Waals surface area contributed by atoms with Crippen LogP contribution in [0.3, 0.4) is 0 Å². The van der Waals surface area contributed by atoms with Gasteiger partial charge in [0.05, 0.1) is 7.11 Å². The lowest BCUT2D eigenvalue weighted by atomic mass is 9.67. The van der Waals surface area contributed by atoms with Crippen LogP contribution in [0, 0.1) is 11.3 Å². The van der Waals surface area contributed by atoms with Crippen LogP contribution in [0.15, 0.2) is 24.3 Å². The number of nitrogens with zero attached hydrogens (tertiary/aromatic N) is 1. The molecule has 1 saturated carbocycles. The van der Waals surface area contributed by atoms with Crippen LogP contribution in [0.4, 0.5) is 4.79 Å². The highest BCUT2D eigenvalue weighted by Gasteiger charge is 2.53. The van der Waals surface area contributed by atoms with E-state index in [1.54, 1.807) is 25.3 Å². The summed E-state index contributed by atoms with van der Waals surface area (Å²) in [4.78, 5) is 50.5. The molecule has 33 heavy (non-hydrogen) atoms. The molecule has 9 heteroatoms. The lowest BCUT2D eigenvalue weighted by Crippen LogP contribution is -2.50. The Morgan fingerprint density at radius 1 is 1.21 bits per heavy atom. The minimum Gasteiger partial charge on any atom is -0.497 e. The Kier molecular flexibility index (Phi) is 7.29. The van der Waals surface area contributed by atoms with E-state index in [-0.39, 0.29) is 17.9 Å². The van der Waals surface area contributed by atoms with Gasteiger partial charge in [-0.25, -0.2) is 4.79 Å². The van der Waals surface area contributed by atoms with Crippen LogP contribution in [0.2, 0.25) is 0 Å². The number of hydrogen-bond donors (Lipinski definition) is 2. The number of imide groups is 1. The van der Waals surface area contributed by atoms with Crippen molar-refractivity contribution in [3.8, 4) is 5.75 Å². The van der Waals surface area contributed by atoms with Crippen molar-refractivity contribution >= 4 is 23.8 Å². The third kappa shape index (κ3) is 5.83. The van der Waals surface area contributed by atoms with Crippen molar-refractivity contribution in [3.63, 3.8) is 0 Å². The van der Waals surface area contributed by atoms with Gasteiger partial charge in [-0.2, -0.15) is 0 Å². The number of amides is 4. The lowest BCUT2D eigenvalue weighted by Gasteiger charge is -2.40. The molecule has 0 radical (unpaired) electrons. The van der Waals surface area contributed by atoms with Gasteiger partial charge in [0.25, 0.3) is 11.8 Å². The zero-order valence-corrected chi connectivity index (χ0v) is 19.7. The number of hydrogen-bond acceptors (Lipinski definition) is 6. The van der Waals surface area contributed by atoms with E-state index in [1.807, 2.05) is 6.07 Å². The van der Waals surface area contributed by atoms with Crippen molar-refractivity contribution in [3.05, 3.63) is 29.8 Å². The molecule has 1 aliphatic carbocycles. The summed E-state index contributed by atoms with van der Waals surface area (Å²) in [5.41, 5.74) is 0.0387. The second kappa shape index (κ2) is 9.80. The normalized spacial score (nSPS) is 22.8. The summed E-state index contributed by atoms with van der Waals surface area (Å²) in [7, 11) is 1.56. The highest BCUT2D eigenvalue weighted by atomic mass is 16.5. The van der Waals surface area contributed by atoms with Gasteiger partial charge in [-0.1, -0.05) is 32.9 Å². The molecule has 2 N–H and O–H groups in total. The molecule has 1 aromatic rings. The van der Waals surface area contributed by atoms with Gasteiger partial charge in [-0.15, -0.1) is 0 Å². The van der Waals surface area contributed by atoms with Crippen molar-refractivity contribution in [2.45, 2.75) is 58.5 Å². The van der Waals surface area contributed by atoms with Crippen LogP contribution >= 0.6 is 0 Å². The van der Waals surface area contributed by atoms with E-state index in [1.165, 1.54) is 0 Å². The minimum absolute atomic E-state index is 0.143. The summed E-state index contributed by atoms with van der Waals surface area (Å²) in [5.74, 6) is -0.538. The maximum absolute atomic E-state index is 13.0. The number of ether oxygens (including phenoxy) is 2. The fraction of sp³-hybridized carbons (Fsp3) is 0.583. The molecule has 1 aromatic carbocycles. The summed E-state index contributed by atoms with van der Waals surface area (Å²) in [6.45, 7) is 5.78. The number of esters is 1. The largest absolute Gasteiger partial charge is 0.497 e. The quantitative estimate of drug-likeness (QED) is 0.478. The third-order valence-electron chi connectivity index (χ3n) is 6.59. The molecule has 3 rings (SSSR count). The van der Waals surface area contributed by atoms with E-state index in [0.29, 0.717) is 24.5 Å². The van der Waals surface area contributed by atoms with Gasteiger partial charge in [0.2, 0.25) is 0 Å². The topological polar surface area (TPSA) is 114 Å². The number of carbonyl (C=O) groups excluding carboxylic acids is 4. The number of methoxy groups -OCH3 is 1. The molecule has 0 atom stereocenters. The summed E-state index contributed by atoms with van der Waals surface area (Å²) in [5, 5.41) is 5.45. The van der Waals surface area contributed by atoms with E-state index in [2.05, 4.69) is 31.4 Å². The first-order valence-corrected chi connectivity index (χ1v) is 11.2. The Bertz CT molecular complexity index is 915. The van der Waals surface area contributed by atoms with E-state index in [9.17, 15) is 19.2 Å². The summed E-state index contributed by atoms with van der Waals surface area (Å²) in [6, 6.07) is 6.63. The third-order valence-corrected chi connectivity index (χ3v) is 6.59. The molecule has 0 unspecified atom stereocenters. The maximum Gasteiger partial charge on any atom is 0.326 e. The highest BCUT2D eigenvalue weighted by Crippen LogP contribution is 2.43. The minimum atomic E-state index is -0.937. The van der Waals surface area contributed by atoms with Crippen LogP contribution < -0.4 is 15.4 Å². The van der Waals surface area contributed by atoms with Gasteiger partial charge in [0.1, 0.15) is 17.8 Å². The Morgan fingerprint density at radius 2 is 1.91 bits per heavy atom. The van der Waals surface area contributed by atoms with Crippen LogP contribution in [-0.4, -0.2) is 54.5 Å². The van der Waals surface area contributed by atoms with Crippen molar-refractivity contribution < 1.29 is 28.7 Å². The molecule has 1 aliphatic heterocycles. The summed E-state index contributed by atoms with van der Waals surface area (Å²) < 4.78 is 10.1. The molecule has 1 saturated heterocycles. The molecule has 180 valence electrons. The van der Waals surface area contributed by atoms with Crippen LogP contribution in [-0.2, 0) is 25.7 Å². The lowest BCUT2D eigenvalue weighted by molar-refractivity contribution is -0.151. The number of rotatable bonds is 7. The zero-order valence-electron chi connectivity index (χ0n) is 19.7. The summed E-state index contributed by atoms with van der Waals surface area (Å²) in [6.07, 6.45) is 2.78. The molecular formula is C24H33N3O6. The van der Waals surface area contributed by atoms with Gasteiger partial charge in [-0.05, 0) is 54.7 Å². The average molecular weight is 460 g/mol. The first kappa shape index (κ1) is 24.5. The maximum atomic E-state index is 13.0. The fourth-order valence-electron chi connectivity index (χ4n) is 4.49. The molecule has 0 bridgehead atoms. The molecule has 1 heterocycles. The van der Waals surface area contributed by atoms with Gasteiger partial charge >= 0.3 is 12.0 Å². The number of nitrogens with one attached hydrogen (secondary N) is 2. The Balaban J connectivity index is 1.46. The Hall–Kier alpha value is -3.10. The average Bonchev–Trinajstić information content (AvgIpc) is 3.00. The van der Waals surface area contributed by atoms with Gasteiger partial charge in [0.15, 0.2) is 6.61 Å². The van der Waals surface area contributed by atoms with E-state index in [4.69, 9.17) is 9.47 Å². The summed E-state index contributed by atoms with van der Waals surface area (Å²) >= 11 is 0. The predicted octanol–water partition coefficient (Wildman–Crippen LogP) is 2.38. The molecule has 0 aromatic heterocycles. The van der Waals surface area contributed by atoms with Crippen LogP contribution in [0.1, 0.15) is 52.0 Å². The molecule has 9 nitrogen and oxygen atoms in total. The van der Waals surface area contributed by atoms with Gasteiger partial charge in [-0.3, -0.25) is 19.3 Å². The second-order valence-corrected chi connectivity index (χ2v) is 9.83. The van der Waals surface area contributed by atoms with Gasteiger partial charge in [0, 0.05) is 6.54 Å². The molecule has 2 aliphatic rings. The fourth-order valence-corrected chi connectivity index (χ4v) is 4.49. The zero-order chi connectivity index (χ0) is 24.2. The van der Waals surface area contributed by atoms with Crippen molar-refractivity contribution in [2.24, 2.45) is 11.3 Å². The Labute approximate surface area is 194 Å². The second-order valence-electron chi connectivity index (χ2n) is 9.83. The number of urea groups is 1. The van der Waals surface area contributed by atoms with E-state index in [0.717, 1.165) is 23.3 Å². The SMILES string of the molecule is COc1cccc(CNC(=O)COC(=O)CN2C(=O)NC3(CCC(C(C)(C)C)CC3)C2=O)c1. The van der Waals surface area contributed by atoms with E-state index >= 15 is 0 Å². The Morgan fingerprint density at radius 3 is 2.55 bits per heavy atom. The first-order chi connectivity index (χ1) is 15.5. The first-order valence-electron chi connectivity index (χ1n) is 11.2. The van der Waals surface area contributed by atoms with Crippen molar-refractivity contribution in [1.82, 2.24) is 15.5 Å². The monoisotopic (exact) mass is 459 g/mol. The van der Waals surface area contributed by atoms with Crippen molar-refractivity contribution in [2.75, 3.05) is 20.3 Å². The van der Waals surface area contributed by atoms with Crippen LogP contribution in [0.25, 0.3) is 0 Å². The number of carbonyl (C=O) groups is 4. The van der Waals surface area contributed by atoms with E-state index < -0.39 is 36.6 Å². The number of benzene rings is 1. The predicted molar refractivity (Wildman–Crippen MR) is 120 cm³/mol. The van der Waals surface area contributed by atoms with Crippen LogP contribution in [0.5, 0.6) is 5.75 Å². The molecular weight excluding hydrogens is 426 g/mol.